The number of aliphatic hydroxyl groups is 1. The van der Waals surface area contributed by atoms with Gasteiger partial charge in [0.15, 0.2) is 0 Å². The average Bonchev–Trinajstić information content (AvgIpc) is 2.47. The summed E-state index contributed by atoms with van der Waals surface area (Å²) in [6, 6.07) is 14.5. The largest absolute Gasteiger partial charge is 0.495 e. The van der Waals surface area contributed by atoms with Crippen molar-refractivity contribution in [2.24, 2.45) is 5.73 Å². The molecule has 2 rings (SSSR count). The van der Waals surface area contributed by atoms with E-state index in [0.717, 1.165) is 5.56 Å². The fraction of sp³-hybridized carbons (Fsp3) is 0.200. The summed E-state index contributed by atoms with van der Waals surface area (Å²) in [5.41, 5.74) is 5.92. The summed E-state index contributed by atoms with van der Waals surface area (Å²) in [5, 5.41) is 11.3. The second-order valence-corrected chi connectivity index (χ2v) is 4.69. The number of ether oxygens (including phenoxy) is 1. The molecule has 19 heavy (non-hydrogen) atoms. The third-order valence-corrected chi connectivity index (χ3v) is 3.49. The number of methoxy groups -OCH3 is 1. The van der Waals surface area contributed by atoms with E-state index in [2.05, 4.69) is 0 Å². The Morgan fingerprint density at radius 3 is 2.42 bits per heavy atom. The van der Waals surface area contributed by atoms with Crippen molar-refractivity contribution in [3.05, 3.63) is 64.7 Å². The molecule has 3 N–H and O–H groups in total. The lowest BCUT2D eigenvalue weighted by Crippen LogP contribution is -2.36. The van der Waals surface area contributed by atoms with Crippen LogP contribution in [-0.2, 0) is 5.60 Å². The molecular formula is C15H16ClNO2. The minimum atomic E-state index is -1.25. The van der Waals surface area contributed by atoms with E-state index in [0.29, 0.717) is 16.3 Å². The van der Waals surface area contributed by atoms with Crippen LogP contribution >= 0.6 is 11.6 Å². The molecule has 0 fully saturated rings. The van der Waals surface area contributed by atoms with E-state index < -0.39 is 5.60 Å². The highest BCUT2D eigenvalue weighted by Gasteiger charge is 2.30. The molecule has 1 unspecified atom stereocenters. The van der Waals surface area contributed by atoms with Gasteiger partial charge in [0.05, 0.1) is 12.1 Å². The van der Waals surface area contributed by atoms with Crippen LogP contribution in [0.1, 0.15) is 11.1 Å². The predicted molar refractivity (Wildman–Crippen MR) is 76.5 cm³/mol. The molecular weight excluding hydrogens is 262 g/mol. The number of hydrogen-bond donors (Lipinski definition) is 2. The van der Waals surface area contributed by atoms with Gasteiger partial charge >= 0.3 is 0 Å². The molecule has 0 aromatic heterocycles. The maximum atomic E-state index is 10.8. The zero-order valence-corrected chi connectivity index (χ0v) is 11.4. The number of halogens is 1. The van der Waals surface area contributed by atoms with Crippen molar-refractivity contribution >= 4 is 11.6 Å². The van der Waals surface area contributed by atoms with Crippen molar-refractivity contribution in [2.75, 3.05) is 13.7 Å². The zero-order chi connectivity index (χ0) is 13.9. The van der Waals surface area contributed by atoms with Crippen molar-refractivity contribution in [1.29, 1.82) is 0 Å². The van der Waals surface area contributed by atoms with Crippen LogP contribution in [0.15, 0.2) is 48.5 Å². The minimum Gasteiger partial charge on any atom is -0.495 e. The molecule has 0 aliphatic rings. The van der Waals surface area contributed by atoms with Gasteiger partial charge in [0.2, 0.25) is 0 Å². The summed E-state index contributed by atoms with van der Waals surface area (Å²) in [7, 11) is 1.54. The molecule has 0 radical (unpaired) electrons. The fourth-order valence-corrected chi connectivity index (χ4v) is 2.23. The Labute approximate surface area is 117 Å². The predicted octanol–water partition coefficient (Wildman–Crippen LogP) is 2.54. The smallest absolute Gasteiger partial charge is 0.137 e. The maximum absolute atomic E-state index is 10.8. The number of benzene rings is 2. The number of hydrogen-bond acceptors (Lipinski definition) is 3. The molecule has 0 amide bonds. The van der Waals surface area contributed by atoms with Crippen LogP contribution in [0.5, 0.6) is 5.75 Å². The van der Waals surface area contributed by atoms with Gasteiger partial charge in [-0.2, -0.15) is 0 Å². The van der Waals surface area contributed by atoms with E-state index in [1.165, 1.54) is 7.11 Å². The maximum Gasteiger partial charge on any atom is 0.137 e. The Bertz CT molecular complexity index is 559. The molecule has 2 aromatic carbocycles. The van der Waals surface area contributed by atoms with E-state index in [1.54, 1.807) is 18.2 Å². The molecule has 0 saturated heterocycles. The lowest BCUT2D eigenvalue weighted by atomic mass is 9.86. The molecule has 4 heteroatoms. The Hall–Kier alpha value is -1.55. The van der Waals surface area contributed by atoms with E-state index in [4.69, 9.17) is 22.1 Å². The van der Waals surface area contributed by atoms with Crippen LogP contribution in [0.25, 0.3) is 0 Å². The van der Waals surface area contributed by atoms with Crippen LogP contribution in [0.3, 0.4) is 0 Å². The third kappa shape index (κ3) is 2.59. The van der Waals surface area contributed by atoms with Gasteiger partial charge in [0, 0.05) is 6.54 Å². The summed E-state index contributed by atoms with van der Waals surface area (Å²) in [6.07, 6.45) is 0. The van der Waals surface area contributed by atoms with Gasteiger partial charge in [-0.25, -0.2) is 0 Å². The third-order valence-electron chi connectivity index (χ3n) is 3.18. The van der Waals surface area contributed by atoms with Crippen LogP contribution < -0.4 is 10.5 Å². The van der Waals surface area contributed by atoms with Crippen LogP contribution in [-0.4, -0.2) is 18.8 Å². The quantitative estimate of drug-likeness (QED) is 0.903. The van der Waals surface area contributed by atoms with Crippen LogP contribution in [0.2, 0.25) is 5.02 Å². The highest BCUT2D eigenvalue weighted by Crippen LogP contribution is 2.33. The molecule has 0 heterocycles. The van der Waals surface area contributed by atoms with E-state index >= 15 is 0 Å². The Balaban J connectivity index is 2.53. The van der Waals surface area contributed by atoms with Crippen molar-refractivity contribution in [3.63, 3.8) is 0 Å². The van der Waals surface area contributed by atoms with Crippen LogP contribution in [0, 0.1) is 0 Å². The Morgan fingerprint density at radius 1 is 1.16 bits per heavy atom. The molecule has 0 spiro atoms. The van der Waals surface area contributed by atoms with Gasteiger partial charge in [0.1, 0.15) is 11.4 Å². The van der Waals surface area contributed by atoms with E-state index in [-0.39, 0.29) is 6.54 Å². The van der Waals surface area contributed by atoms with E-state index in [9.17, 15) is 5.11 Å². The highest BCUT2D eigenvalue weighted by molar-refractivity contribution is 6.32. The fourth-order valence-electron chi connectivity index (χ4n) is 2.03. The highest BCUT2D eigenvalue weighted by atomic mass is 35.5. The molecule has 0 bridgehead atoms. The topological polar surface area (TPSA) is 55.5 Å². The molecule has 0 aliphatic heterocycles. The van der Waals surface area contributed by atoms with Crippen molar-refractivity contribution < 1.29 is 9.84 Å². The monoisotopic (exact) mass is 277 g/mol. The summed E-state index contributed by atoms with van der Waals surface area (Å²) in [6.45, 7) is 0.0712. The van der Waals surface area contributed by atoms with Crippen LogP contribution in [0.4, 0.5) is 0 Å². The Kier molecular flexibility index (Phi) is 4.10. The molecule has 0 aliphatic carbocycles. The molecule has 0 saturated carbocycles. The van der Waals surface area contributed by atoms with Crippen molar-refractivity contribution in [2.45, 2.75) is 5.60 Å². The van der Waals surface area contributed by atoms with Crippen molar-refractivity contribution in [1.82, 2.24) is 0 Å². The van der Waals surface area contributed by atoms with Gasteiger partial charge in [-0.05, 0) is 23.3 Å². The molecule has 3 nitrogen and oxygen atoms in total. The summed E-state index contributed by atoms with van der Waals surface area (Å²) >= 11 is 6.00. The van der Waals surface area contributed by atoms with Gasteiger partial charge in [-0.1, -0.05) is 48.0 Å². The average molecular weight is 278 g/mol. The van der Waals surface area contributed by atoms with Gasteiger partial charge < -0.3 is 15.6 Å². The lowest BCUT2D eigenvalue weighted by molar-refractivity contribution is 0.0900. The lowest BCUT2D eigenvalue weighted by Gasteiger charge is -2.28. The zero-order valence-electron chi connectivity index (χ0n) is 10.6. The van der Waals surface area contributed by atoms with Crippen molar-refractivity contribution in [3.8, 4) is 5.75 Å². The molecule has 100 valence electrons. The molecule has 2 aromatic rings. The first-order valence-corrected chi connectivity index (χ1v) is 6.31. The summed E-state index contributed by atoms with van der Waals surface area (Å²) < 4.78 is 5.18. The second kappa shape index (κ2) is 5.61. The first-order chi connectivity index (χ1) is 9.11. The Morgan fingerprint density at radius 2 is 1.84 bits per heavy atom. The standard InChI is InChI=1S/C15H16ClNO2/c1-19-14-9-12(7-8-13(14)16)15(18,10-17)11-5-3-2-4-6-11/h2-9,18H,10,17H2,1H3. The minimum absolute atomic E-state index is 0.0712. The van der Waals surface area contributed by atoms with E-state index in [1.807, 2.05) is 30.3 Å². The summed E-state index contributed by atoms with van der Waals surface area (Å²) in [5.74, 6) is 0.516. The van der Waals surface area contributed by atoms with Gasteiger partial charge in [0.25, 0.3) is 0 Å². The van der Waals surface area contributed by atoms with Gasteiger partial charge in [-0.15, -0.1) is 0 Å². The number of rotatable bonds is 4. The normalized spacial score (nSPS) is 13.9. The molecule has 1 atom stereocenters. The first-order valence-electron chi connectivity index (χ1n) is 5.94. The second-order valence-electron chi connectivity index (χ2n) is 4.28. The SMILES string of the molecule is COc1cc(C(O)(CN)c2ccccc2)ccc1Cl. The first kappa shape index (κ1) is 13.9. The summed E-state index contributed by atoms with van der Waals surface area (Å²) in [4.78, 5) is 0. The van der Waals surface area contributed by atoms with Gasteiger partial charge in [-0.3, -0.25) is 0 Å². The number of nitrogens with two attached hydrogens (primary N) is 1.